The number of nitrogens with zero attached hydrogens (tertiary/aromatic N) is 3. The maximum absolute atomic E-state index is 15.0. The molecule has 174 valence electrons. The van der Waals surface area contributed by atoms with Crippen molar-refractivity contribution in [2.24, 2.45) is 16.8 Å². The largest absolute Gasteiger partial charge is 0.493 e. The van der Waals surface area contributed by atoms with Crippen molar-refractivity contribution < 1.29 is 13.9 Å². The zero-order valence-corrected chi connectivity index (χ0v) is 19.1. The van der Waals surface area contributed by atoms with Crippen molar-refractivity contribution >= 4 is 23.3 Å². The third-order valence-electron chi connectivity index (χ3n) is 6.13. The minimum absolute atomic E-state index is 0.00594. The molecule has 1 aromatic heterocycles. The van der Waals surface area contributed by atoms with Crippen molar-refractivity contribution in [3.63, 3.8) is 0 Å². The summed E-state index contributed by atoms with van der Waals surface area (Å²) < 4.78 is 20.9. The van der Waals surface area contributed by atoms with E-state index in [1.54, 1.807) is 18.3 Å². The van der Waals surface area contributed by atoms with Gasteiger partial charge in [-0.15, -0.1) is 0 Å². The van der Waals surface area contributed by atoms with Crippen molar-refractivity contribution in [1.29, 1.82) is 0 Å². The summed E-state index contributed by atoms with van der Waals surface area (Å²) in [6.07, 6.45) is 2.67. The summed E-state index contributed by atoms with van der Waals surface area (Å²) in [4.78, 5) is 25.3. The van der Waals surface area contributed by atoms with Gasteiger partial charge in [0, 0.05) is 47.5 Å². The second kappa shape index (κ2) is 8.85. The van der Waals surface area contributed by atoms with Gasteiger partial charge in [-0.3, -0.25) is 9.79 Å². The van der Waals surface area contributed by atoms with Gasteiger partial charge in [-0.05, 0) is 54.3 Å². The fourth-order valence-electron chi connectivity index (χ4n) is 4.34. The highest BCUT2D eigenvalue weighted by atomic mass is 19.1. The van der Waals surface area contributed by atoms with Gasteiger partial charge in [0.2, 0.25) is 5.95 Å². The first-order chi connectivity index (χ1) is 16.4. The van der Waals surface area contributed by atoms with Crippen LogP contribution in [0.25, 0.3) is 11.3 Å². The van der Waals surface area contributed by atoms with Crippen LogP contribution in [0.3, 0.4) is 0 Å². The molecular formula is C26H26FN5O2. The monoisotopic (exact) mass is 459 g/mol. The normalized spacial score (nSPS) is 16.5. The number of nitrogen functional groups attached to an aromatic ring is 1. The Bertz CT molecular complexity index is 1300. The molecule has 0 saturated heterocycles. The predicted molar refractivity (Wildman–Crippen MR) is 129 cm³/mol. The van der Waals surface area contributed by atoms with Gasteiger partial charge >= 0.3 is 0 Å². The molecule has 7 nitrogen and oxygen atoms in total. The molecule has 2 aromatic carbocycles. The molecule has 2 aliphatic heterocycles. The van der Waals surface area contributed by atoms with Gasteiger partial charge in [-0.1, -0.05) is 13.8 Å². The van der Waals surface area contributed by atoms with Crippen LogP contribution >= 0.6 is 0 Å². The standard InChI is InChI=1S/C26H26FN5O2/c1-14(2)12-30-25(33)15-3-4-24-17(7-15)8-18(13-34-24)22-11-19-20(27)9-16(10-23(19)31-22)21-5-6-29-26(28)32-21/h3-7,9-10,14,18H,8,11-13H2,1-2H3,(H,30,33)(H2,28,29,32). The quantitative estimate of drug-likeness (QED) is 0.597. The van der Waals surface area contributed by atoms with Crippen molar-refractivity contribution in [2.45, 2.75) is 26.7 Å². The topological polar surface area (TPSA) is 102 Å². The maximum Gasteiger partial charge on any atom is 0.251 e. The van der Waals surface area contributed by atoms with Crippen LogP contribution in [0.1, 0.15) is 35.3 Å². The maximum atomic E-state index is 15.0. The molecule has 0 fully saturated rings. The number of hydrogen-bond acceptors (Lipinski definition) is 6. The van der Waals surface area contributed by atoms with Gasteiger partial charge in [0.25, 0.3) is 5.91 Å². The smallest absolute Gasteiger partial charge is 0.251 e. The van der Waals surface area contributed by atoms with E-state index in [1.807, 2.05) is 18.2 Å². The van der Waals surface area contributed by atoms with Gasteiger partial charge in [0.1, 0.15) is 11.6 Å². The molecule has 34 heavy (non-hydrogen) atoms. The Balaban J connectivity index is 1.37. The van der Waals surface area contributed by atoms with Gasteiger partial charge in [-0.25, -0.2) is 14.4 Å². The molecule has 1 unspecified atom stereocenters. The highest BCUT2D eigenvalue weighted by Crippen LogP contribution is 2.37. The first-order valence-electron chi connectivity index (χ1n) is 11.4. The molecule has 3 aromatic rings. The molecule has 0 radical (unpaired) electrons. The second-order valence-electron chi connectivity index (χ2n) is 9.17. The second-order valence-corrected chi connectivity index (χ2v) is 9.17. The molecule has 2 aliphatic rings. The first-order valence-corrected chi connectivity index (χ1v) is 11.4. The van der Waals surface area contributed by atoms with E-state index < -0.39 is 0 Å². The molecule has 3 N–H and O–H groups in total. The molecule has 1 atom stereocenters. The highest BCUT2D eigenvalue weighted by molar-refractivity contribution is 5.97. The lowest BCUT2D eigenvalue weighted by Gasteiger charge is -2.26. The molecule has 0 bridgehead atoms. The Labute approximate surface area is 197 Å². The lowest BCUT2D eigenvalue weighted by molar-refractivity contribution is 0.0948. The van der Waals surface area contributed by atoms with E-state index in [1.165, 1.54) is 6.07 Å². The molecule has 0 saturated carbocycles. The lowest BCUT2D eigenvalue weighted by Crippen LogP contribution is -2.30. The average Bonchev–Trinajstić information content (AvgIpc) is 3.27. The van der Waals surface area contributed by atoms with Crippen LogP contribution in [0.4, 0.5) is 16.0 Å². The molecule has 0 aliphatic carbocycles. The van der Waals surface area contributed by atoms with Gasteiger partial charge in [0.05, 0.1) is 18.0 Å². The minimum Gasteiger partial charge on any atom is -0.493 e. The van der Waals surface area contributed by atoms with Gasteiger partial charge in [-0.2, -0.15) is 0 Å². The van der Waals surface area contributed by atoms with Crippen LogP contribution in [0.15, 0.2) is 47.6 Å². The molecule has 5 rings (SSSR count). The summed E-state index contributed by atoms with van der Waals surface area (Å²) in [5.41, 5.74) is 10.5. The van der Waals surface area contributed by atoms with E-state index in [4.69, 9.17) is 15.5 Å². The number of halogens is 1. The molecule has 8 heteroatoms. The summed E-state index contributed by atoms with van der Waals surface area (Å²) in [6, 6.07) is 10.5. The number of hydrogen-bond donors (Lipinski definition) is 2. The first kappa shape index (κ1) is 22.0. The van der Waals surface area contributed by atoms with Gasteiger partial charge < -0.3 is 15.8 Å². The average molecular weight is 460 g/mol. The number of rotatable bonds is 5. The molecule has 1 amide bonds. The van der Waals surface area contributed by atoms with E-state index in [0.29, 0.717) is 60.0 Å². The predicted octanol–water partition coefficient (Wildman–Crippen LogP) is 4.13. The summed E-state index contributed by atoms with van der Waals surface area (Å²) in [6.45, 7) is 5.20. The zero-order chi connectivity index (χ0) is 23.8. The lowest BCUT2D eigenvalue weighted by atomic mass is 9.89. The number of anilines is 1. The summed E-state index contributed by atoms with van der Waals surface area (Å²) >= 11 is 0. The number of aliphatic imine (C=N–C) groups is 1. The molecule has 0 spiro atoms. The van der Waals surface area contributed by atoms with Crippen LogP contribution in [-0.2, 0) is 12.8 Å². The van der Waals surface area contributed by atoms with Gasteiger partial charge in [0.15, 0.2) is 0 Å². The number of ether oxygens (including phenoxy) is 1. The van der Waals surface area contributed by atoms with E-state index >= 15 is 0 Å². The van der Waals surface area contributed by atoms with Crippen LogP contribution in [0, 0.1) is 17.7 Å². The summed E-state index contributed by atoms with van der Waals surface area (Å²) in [7, 11) is 0. The fourth-order valence-corrected chi connectivity index (χ4v) is 4.34. The third-order valence-corrected chi connectivity index (χ3v) is 6.13. The Morgan fingerprint density at radius 2 is 2.12 bits per heavy atom. The van der Waals surface area contributed by atoms with Crippen LogP contribution in [0.2, 0.25) is 0 Å². The van der Waals surface area contributed by atoms with Crippen molar-refractivity contribution in [1.82, 2.24) is 15.3 Å². The van der Waals surface area contributed by atoms with E-state index in [9.17, 15) is 9.18 Å². The zero-order valence-electron chi connectivity index (χ0n) is 19.1. The number of nitrogens with one attached hydrogen (secondary N) is 1. The fraction of sp³-hybridized carbons (Fsp3) is 0.308. The van der Waals surface area contributed by atoms with Crippen LogP contribution in [0.5, 0.6) is 5.75 Å². The number of fused-ring (bicyclic) bond motifs is 2. The number of amides is 1. The Kier molecular flexibility index (Phi) is 5.73. The van der Waals surface area contributed by atoms with Crippen LogP contribution < -0.4 is 15.8 Å². The Morgan fingerprint density at radius 3 is 2.91 bits per heavy atom. The number of benzene rings is 2. The number of carbonyl (C=O) groups excluding carboxylic acids is 1. The third kappa shape index (κ3) is 4.35. The van der Waals surface area contributed by atoms with E-state index in [-0.39, 0.29) is 23.6 Å². The summed E-state index contributed by atoms with van der Waals surface area (Å²) in [5.74, 6) is 0.893. The van der Waals surface area contributed by atoms with Crippen molar-refractivity contribution in [2.75, 3.05) is 18.9 Å². The van der Waals surface area contributed by atoms with Crippen LogP contribution in [-0.4, -0.2) is 34.7 Å². The number of nitrogens with two attached hydrogens (primary N) is 1. The minimum atomic E-state index is -0.315. The molecular weight excluding hydrogens is 433 g/mol. The molecule has 3 heterocycles. The Hall–Kier alpha value is -3.81. The highest BCUT2D eigenvalue weighted by Gasteiger charge is 2.30. The Morgan fingerprint density at radius 1 is 1.26 bits per heavy atom. The van der Waals surface area contributed by atoms with Crippen molar-refractivity contribution in [3.05, 3.63) is 65.1 Å². The number of carbonyl (C=O) groups is 1. The van der Waals surface area contributed by atoms with Crippen molar-refractivity contribution in [3.8, 4) is 17.0 Å². The SMILES string of the molecule is CC(C)CNC(=O)c1ccc2c(c1)CC(C1=Nc3cc(-c4ccnc(N)n4)cc(F)c3C1)CO2. The number of aromatic nitrogens is 2. The summed E-state index contributed by atoms with van der Waals surface area (Å²) in [5, 5.41) is 2.95. The van der Waals surface area contributed by atoms with E-state index in [0.717, 1.165) is 17.0 Å². The van der Waals surface area contributed by atoms with E-state index in [2.05, 4.69) is 29.1 Å².